The molecule has 0 atom stereocenters. The molecule has 10 aromatic carbocycles. The Balaban J connectivity index is 0.894. The molecule has 5 heteroatoms. The van der Waals surface area contributed by atoms with Crippen LogP contribution in [0.25, 0.3) is 61.0 Å². The largest absolute Gasteiger partial charge is 0.457 e. The van der Waals surface area contributed by atoms with Crippen molar-refractivity contribution in [2.75, 3.05) is 16.5 Å². The van der Waals surface area contributed by atoms with Gasteiger partial charge in [-0.1, -0.05) is 226 Å². The Bertz CT molecular complexity index is 4390. The molecule has 14 rings (SSSR count). The van der Waals surface area contributed by atoms with Crippen molar-refractivity contribution in [1.82, 2.24) is 9.55 Å². The highest BCUT2D eigenvalue weighted by atomic mass is 16.5. The molecule has 1 aliphatic heterocycles. The standard InChI is InChI=1S/C79H70N4O/c1-76(2,3)54-35-37-55(38-36-54)79(68-31-18-16-29-62(68)63-30-17-19-32-69(63)79)57-39-41-64-65-42-40-61(50-73(65)83(72(64)47-57)74-48-56(43-44-80-74)77(4,5)6)84-60-28-22-27-59(49-60)81-51-82(71-34-21-20-33-70(71)81)75-66(52-23-12-10-13-24-52)45-58(78(7,8)9)46-67(75)53-25-14-11-15-26-53/h10-50H,51H2,1-9H3. The average Bonchev–Trinajstić information content (AvgIpc) is 1.97. The van der Waals surface area contributed by atoms with Crippen LogP contribution in [0.1, 0.15) is 101 Å². The lowest BCUT2D eigenvalue weighted by Gasteiger charge is -2.34. The quantitative estimate of drug-likeness (QED) is 0.144. The molecule has 412 valence electrons. The van der Waals surface area contributed by atoms with Crippen molar-refractivity contribution >= 4 is 44.6 Å². The first-order valence-electron chi connectivity index (χ1n) is 29.6. The molecule has 0 N–H and O–H groups in total. The van der Waals surface area contributed by atoms with Crippen LogP contribution < -0.4 is 14.5 Å². The number of anilines is 4. The third-order valence-electron chi connectivity index (χ3n) is 17.7. The van der Waals surface area contributed by atoms with Crippen LogP contribution in [-0.4, -0.2) is 16.2 Å². The first-order chi connectivity index (χ1) is 40.5. The molecule has 0 radical (unpaired) electrons. The van der Waals surface area contributed by atoms with Crippen molar-refractivity contribution in [3.8, 4) is 50.7 Å². The van der Waals surface area contributed by atoms with Crippen LogP contribution in [0.2, 0.25) is 0 Å². The Morgan fingerprint density at radius 2 is 0.917 bits per heavy atom. The molecule has 2 aromatic heterocycles. The van der Waals surface area contributed by atoms with E-state index in [1.165, 1.54) is 78.0 Å². The van der Waals surface area contributed by atoms with Crippen LogP contribution in [0.5, 0.6) is 11.5 Å². The van der Waals surface area contributed by atoms with Gasteiger partial charge in [-0.05, 0) is 144 Å². The van der Waals surface area contributed by atoms with E-state index in [4.69, 9.17) is 9.72 Å². The fourth-order valence-corrected chi connectivity index (χ4v) is 13.3. The highest BCUT2D eigenvalue weighted by molar-refractivity contribution is 6.10. The minimum absolute atomic E-state index is 0.0142. The van der Waals surface area contributed by atoms with E-state index in [1.807, 2.05) is 6.20 Å². The van der Waals surface area contributed by atoms with Gasteiger partial charge in [-0.2, -0.15) is 0 Å². The summed E-state index contributed by atoms with van der Waals surface area (Å²) in [5.74, 6) is 2.36. The van der Waals surface area contributed by atoms with E-state index in [0.717, 1.165) is 56.2 Å². The Labute approximate surface area is 495 Å². The van der Waals surface area contributed by atoms with Crippen molar-refractivity contribution in [1.29, 1.82) is 0 Å². The van der Waals surface area contributed by atoms with Crippen molar-refractivity contribution in [2.24, 2.45) is 0 Å². The van der Waals surface area contributed by atoms with Crippen LogP contribution in [0.3, 0.4) is 0 Å². The minimum Gasteiger partial charge on any atom is -0.457 e. The van der Waals surface area contributed by atoms with Gasteiger partial charge in [0.2, 0.25) is 0 Å². The molecule has 12 aromatic rings. The summed E-state index contributed by atoms with van der Waals surface area (Å²) in [4.78, 5) is 10.1. The van der Waals surface area contributed by atoms with Crippen LogP contribution in [0, 0.1) is 0 Å². The number of pyridine rings is 1. The van der Waals surface area contributed by atoms with E-state index < -0.39 is 5.41 Å². The molecule has 0 saturated heterocycles. The number of hydrogen-bond acceptors (Lipinski definition) is 4. The average molecular weight is 1090 g/mol. The Hall–Kier alpha value is -9.45. The van der Waals surface area contributed by atoms with Gasteiger partial charge in [0.25, 0.3) is 0 Å². The summed E-state index contributed by atoms with van der Waals surface area (Å²) in [5, 5.41) is 2.28. The van der Waals surface area contributed by atoms with Gasteiger partial charge in [0.1, 0.15) is 24.0 Å². The lowest BCUT2D eigenvalue weighted by molar-refractivity contribution is 0.483. The number of rotatable bonds is 9. The zero-order valence-corrected chi connectivity index (χ0v) is 49.6. The van der Waals surface area contributed by atoms with E-state index in [2.05, 4.69) is 319 Å². The predicted octanol–water partition coefficient (Wildman–Crippen LogP) is 20.8. The molecular formula is C79H70N4O. The number of para-hydroxylation sites is 2. The Morgan fingerprint density at radius 3 is 1.52 bits per heavy atom. The molecule has 0 unspecified atom stereocenters. The SMILES string of the molecule is CC(C)(C)c1ccc(C2(c3ccc4c5ccc(Oc6cccc(N7CN(c8c(-c9ccccc9)cc(C(C)(C)C)cc8-c8ccccc8)c8ccccc87)c6)cc5n(-c5cc(C(C)(C)C)ccn5)c4c3)c3ccccc3-c3ccccc32)cc1. The van der Waals surface area contributed by atoms with E-state index in [-0.39, 0.29) is 16.2 Å². The molecule has 2 aliphatic rings. The summed E-state index contributed by atoms with van der Waals surface area (Å²) in [6, 6.07) is 89.6. The first kappa shape index (κ1) is 52.6. The molecule has 5 nitrogen and oxygen atoms in total. The molecule has 84 heavy (non-hydrogen) atoms. The fraction of sp³-hybridized carbons (Fsp3) is 0.177. The molecule has 3 heterocycles. The van der Waals surface area contributed by atoms with Crippen molar-refractivity contribution in [3.05, 3.63) is 288 Å². The predicted molar refractivity (Wildman–Crippen MR) is 351 cm³/mol. The molecular weight excluding hydrogens is 1020 g/mol. The van der Waals surface area contributed by atoms with Crippen molar-refractivity contribution in [2.45, 2.75) is 84.0 Å². The summed E-state index contributed by atoms with van der Waals surface area (Å²) < 4.78 is 9.43. The van der Waals surface area contributed by atoms with Crippen LogP contribution >= 0.6 is 0 Å². The molecule has 0 amide bonds. The van der Waals surface area contributed by atoms with E-state index in [9.17, 15) is 0 Å². The van der Waals surface area contributed by atoms with Gasteiger partial charge in [0.15, 0.2) is 0 Å². The van der Waals surface area contributed by atoms with Crippen LogP contribution in [-0.2, 0) is 21.7 Å². The highest BCUT2D eigenvalue weighted by Gasteiger charge is 2.46. The van der Waals surface area contributed by atoms with Gasteiger partial charge in [-0.15, -0.1) is 0 Å². The monoisotopic (exact) mass is 1090 g/mol. The number of hydrogen-bond donors (Lipinski definition) is 0. The topological polar surface area (TPSA) is 33.5 Å². The second-order valence-electron chi connectivity index (χ2n) is 26.1. The van der Waals surface area contributed by atoms with Crippen LogP contribution in [0.15, 0.2) is 249 Å². The van der Waals surface area contributed by atoms with Gasteiger partial charge in [0, 0.05) is 45.9 Å². The van der Waals surface area contributed by atoms with E-state index in [1.54, 1.807) is 0 Å². The first-order valence-corrected chi connectivity index (χ1v) is 29.6. The maximum atomic E-state index is 7.07. The van der Waals surface area contributed by atoms with Gasteiger partial charge >= 0.3 is 0 Å². The second kappa shape index (κ2) is 19.9. The lowest BCUT2D eigenvalue weighted by atomic mass is 9.67. The molecule has 0 fully saturated rings. The summed E-state index contributed by atoms with van der Waals surface area (Å²) in [7, 11) is 0. The van der Waals surface area contributed by atoms with Gasteiger partial charge in [-0.25, -0.2) is 4.98 Å². The summed E-state index contributed by atoms with van der Waals surface area (Å²) >= 11 is 0. The van der Waals surface area contributed by atoms with Crippen molar-refractivity contribution < 1.29 is 4.74 Å². The lowest BCUT2D eigenvalue weighted by Crippen LogP contribution is -2.29. The van der Waals surface area contributed by atoms with Crippen molar-refractivity contribution in [3.63, 3.8) is 0 Å². The minimum atomic E-state index is -0.586. The number of ether oxygens (including phenoxy) is 1. The van der Waals surface area contributed by atoms with Gasteiger partial charge in [0.05, 0.1) is 33.5 Å². The van der Waals surface area contributed by atoms with Gasteiger partial charge in [-0.3, -0.25) is 4.57 Å². The Morgan fingerprint density at radius 1 is 0.393 bits per heavy atom. The maximum absolute atomic E-state index is 7.07. The number of nitrogens with zero attached hydrogens (tertiary/aromatic N) is 4. The maximum Gasteiger partial charge on any atom is 0.137 e. The second-order valence-corrected chi connectivity index (χ2v) is 26.1. The van der Waals surface area contributed by atoms with Gasteiger partial charge < -0.3 is 14.5 Å². The third-order valence-corrected chi connectivity index (χ3v) is 17.7. The molecule has 0 spiro atoms. The summed E-state index contributed by atoms with van der Waals surface area (Å²) in [5.41, 5.74) is 22.1. The zero-order chi connectivity index (χ0) is 57.7. The normalized spacial score (nSPS) is 13.8. The molecule has 0 saturated carbocycles. The van der Waals surface area contributed by atoms with Crippen LogP contribution in [0.4, 0.5) is 22.7 Å². The molecule has 1 aliphatic carbocycles. The number of aromatic nitrogens is 2. The Kier molecular flexibility index (Phi) is 12.5. The van der Waals surface area contributed by atoms with E-state index >= 15 is 0 Å². The zero-order valence-electron chi connectivity index (χ0n) is 49.6. The fourth-order valence-electron chi connectivity index (χ4n) is 13.3. The third kappa shape index (κ3) is 8.79. The van der Waals surface area contributed by atoms with E-state index in [0.29, 0.717) is 6.67 Å². The highest BCUT2D eigenvalue weighted by Crippen LogP contribution is 2.57. The number of fused-ring (bicyclic) bond motifs is 7. The summed E-state index contributed by atoms with van der Waals surface area (Å²) in [6.07, 6.45) is 1.97. The molecule has 0 bridgehead atoms. The summed E-state index contributed by atoms with van der Waals surface area (Å²) in [6.45, 7) is 21.2. The number of benzene rings is 10. The smallest absolute Gasteiger partial charge is 0.137 e.